The molecule has 2 aliphatic carbocycles. The standard InChI is InChI=1S/C12H14N2/c1-2-9-11-7-3-4-8(11)10(6-7)14-12(9)13-5-1/h1-2,5,7-8,10-11H,3-4,6H2,(H,13,14). The molecule has 0 radical (unpaired) electrons. The van der Waals surface area contributed by atoms with E-state index in [2.05, 4.69) is 22.4 Å². The SMILES string of the molecule is c1cnc2c(c1)C1C3CCC1C(C3)N2. The first kappa shape index (κ1) is 7.27. The second kappa shape index (κ2) is 2.30. The van der Waals surface area contributed by atoms with Crippen LogP contribution < -0.4 is 5.32 Å². The van der Waals surface area contributed by atoms with E-state index in [9.17, 15) is 0 Å². The first-order valence-electron chi connectivity index (χ1n) is 5.65. The normalized spacial score (nSPS) is 42.0. The van der Waals surface area contributed by atoms with Gasteiger partial charge in [-0.2, -0.15) is 0 Å². The van der Waals surface area contributed by atoms with E-state index in [4.69, 9.17) is 0 Å². The molecular weight excluding hydrogens is 172 g/mol. The Hall–Kier alpha value is -1.05. The molecule has 4 atom stereocenters. The van der Waals surface area contributed by atoms with Gasteiger partial charge in [-0.15, -0.1) is 0 Å². The van der Waals surface area contributed by atoms with Gasteiger partial charge in [-0.25, -0.2) is 4.98 Å². The molecular formula is C12H14N2. The zero-order chi connectivity index (χ0) is 9.12. The fraction of sp³-hybridized carbons (Fsp3) is 0.583. The largest absolute Gasteiger partial charge is 0.367 e. The Balaban J connectivity index is 1.92. The first-order valence-corrected chi connectivity index (χ1v) is 5.65. The van der Waals surface area contributed by atoms with Crippen LogP contribution in [0.1, 0.15) is 30.7 Å². The van der Waals surface area contributed by atoms with Crippen LogP contribution in [0.25, 0.3) is 0 Å². The molecule has 2 fully saturated rings. The van der Waals surface area contributed by atoms with Gasteiger partial charge >= 0.3 is 0 Å². The lowest BCUT2D eigenvalue weighted by molar-refractivity contribution is 0.432. The van der Waals surface area contributed by atoms with Gasteiger partial charge in [-0.1, -0.05) is 6.07 Å². The number of pyridine rings is 1. The average molecular weight is 186 g/mol. The summed E-state index contributed by atoms with van der Waals surface area (Å²) in [6.45, 7) is 0. The molecule has 14 heavy (non-hydrogen) atoms. The fourth-order valence-electron chi connectivity index (χ4n) is 3.97. The minimum absolute atomic E-state index is 0.737. The highest BCUT2D eigenvalue weighted by Gasteiger charge is 2.52. The Morgan fingerprint density at radius 2 is 2.36 bits per heavy atom. The Morgan fingerprint density at radius 3 is 3.36 bits per heavy atom. The van der Waals surface area contributed by atoms with E-state index < -0.39 is 0 Å². The third kappa shape index (κ3) is 0.715. The van der Waals surface area contributed by atoms with Crippen molar-refractivity contribution in [1.29, 1.82) is 0 Å². The van der Waals surface area contributed by atoms with Crippen LogP contribution in [-0.4, -0.2) is 11.0 Å². The van der Waals surface area contributed by atoms with Gasteiger partial charge in [0.1, 0.15) is 5.82 Å². The van der Waals surface area contributed by atoms with Crippen molar-refractivity contribution in [3.8, 4) is 0 Å². The molecule has 0 saturated heterocycles. The van der Waals surface area contributed by atoms with E-state index in [1.54, 1.807) is 0 Å². The maximum atomic E-state index is 4.45. The lowest BCUT2D eigenvalue weighted by Gasteiger charge is -2.30. The van der Waals surface area contributed by atoms with Gasteiger partial charge in [0.25, 0.3) is 0 Å². The summed E-state index contributed by atoms with van der Waals surface area (Å²) in [7, 11) is 0. The number of fused-ring (bicyclic) bond motifs is 1. The lowest BCUT2D eigenvalue weighted by Crippen LogP contribution is -2.31. The molecule has 2 nitrogen and oxygen atoms in total. The summed E-state index contributed by atoms with van der Waals surface area (Å²) in [5.41, 5.74) is 1.49. The van der Waals surface area contributed by atoms with Crippen LogP contribution in [0.5, 0.6) is 0 Å². The van der Waals surface area contributed by atoms with Crippen molar-refractivity contribution in [3.05, 3.63) is 23.9 Å². The highest BCUT2D eigenvalue weighted by Crippen LogP contribution is 2.58. The maximum Gasteiger partial charge on any atom is 0.129 e. The number of hydrogen-bond donors (Lipinski definition) is 1. The second-order valence-electron chi connectivity index (χ2n) is 4.95. The van der Waals surface area contributed by atoms with E-state index in [1.165, 1.54) is 30.6 Å². The molecule has 2 saturated carbocycles. The predicted octanol–water partition coefficient (Wildman–Crippen LogP) is 2.39. The number of aromatic nitrogens is 1. The topological polar surface area (TPSA) is 24.9 Å². The lowest BCUT2D eigenvalue weighted by atomic mass is 9.86. The zero-order valence-corrected chi connectivity index (χ0v) is 8.11. The Morgan fingerprint density at radius 1 is 1.36 bits per heavy atom. The molecule has 3 aliphatic rings. The first-order chi connectivity index (χ1) is 6.93. The van der Waals surface area contributed by atoms with Gasteiger partial charge in [-0.05, 0) is 48.6 Å². The Labute approximate surface area is 83.7 Å². The van der Waals surface area contributed by atoms with Crippen LogP contribution in [0.4, 0.5) is 5.82 Å². The van der Waals surface area contributed by atoms with Gasteiger partial charge in [0.15, 0.2) is 0 Å². The van der Waals surface area contributed by atoms with Crippen LogP contribution in [-0.2, 0) is 0 Å². The van der Waals surface area contributed by atoms with Crippen molar-refractivity contribution in [1.82, 2.24) is 4.98 Å². The van der Waals surface area contributed by atoms with Gasteiger partial charge in [-0.3, -0.25) is 0 Å². The Kier molecular flexibility index (Phi) is 1.20. The summed E-state index contributed by atoms with van der Waals surface area (Å²) in [4.78, 5) is 4.45. The molecule has 0 amide bonds. The van der Waals surface area contributed by atoms with Crippen molar-refractivity contribution in [2.75, 3.05) is 5.32 Å². The highest BCUT2D eigenvalue weighted by atomic mass is 15.1. The van der Waals surface area contributed by atoms with E-state index in [0.29, 0.717) is 0 Å². The van der Waals surface area contributed by atoms with Crippen molar-refractivity contribution in [3.63, 3.8) is 0 Å². The zero-order valence-electron chi connectivity index (χ0n) is 8.11. The summed E-state index contributed by atoms with van der Waals surface area (Å²) in [5, 5.41) is 3.61. The van der Waals surface area contributed by atoms with Gasteiger partial charge in [0.2, 0.25) is 0 Å². The predicted molar refractivity (Wildman–Crippen MR) is 55.2 cm³/mol. The Bertz CT molecular complexity index is 388. The number of nitrogens with zero attached hydrogens (tertiary/aromatic N) is 1. The van der Waals surface area contributed by atoms with Gasteiger partial charge in [0, 0.05) is 12.2 Å². The maximum absolute atomic E-state index is 4.45. The summed E-state index contributed by atoms with van der Waals surface area (Å²) in [5.74, 6) is 3.87. The van der Waals surface area contributed by atoms with E-state index in [-0.39, 0.29) is 0 Å². The number of nitrogens with one attached hydrogen (secondary N) is 1. The minimum atomic E-state index is 0.737. The van der Waals surface area contributed by atoms with Crippen LogP contribution >= 0.6 is 0 Å². The summed E-state index contributed by atoms with van der Waals surface area (Å²) < 4.78 is 0. The molecule has 1 aromatic rings. The molecule has 1 N–H and O–H groups in total. The summed E-state index contributed by atoms with van der Waals surface area (Å²) >= 11 is 0. The van der Waals surface area contributed by atoms with Crippen molar-refractivity contribution < 1.29 is 0 Å². The molecule has 72 valence electrons. The van der Waals surface area contributed by atoms with Crippen LogP contribution in [0.15, 0.2) is 18.3 Å². The number of anilines is 1. The molecule has 1 aliphatic heterocycles. The van der Waals surface area contributed by atoms with Crippen molar-refractivity contribution >= 4 is 5.82 Å². The molecule has 4 unspecified atom stereocenters. The molecule has 0 aromatic carbocycles. The smallest absolute Gasteiger partial charge is 0.129 e. The minimum Gasteiger partial charge on any atom is -0.367 e. The van der Waals surface area contributed by atoms with E-state index in [1.807, 2.05) is 6.20 Å². The van der Waals surface area contributed by atoms with Gasteiger partial charge < -0.3 is 5.32 Å². The molecule has 4 bridgehead atoms. The van der Waals surface area contributed by atoms with Crippen molar-refractivity contribution in [2.45, 2.75) is 31.2 Å². The third-order valence-corrected chi connectivity index (χ3v) is 4.43. The third-order valence-electron chi connectivity index (χ3n) is 4.43. The van der Waals surface area contributed by atoms with E-state index in [0.717, 1.165) is 23.8 Å². The monoisotopic (exact) mass is 186 g/mol. The highest BCUT2D eigenvalue weighted by molar-refractivity contribution is 5.53. The average Bonchev–Trinajstić information content (AvgIpc) is 2.73. The van der Waals surface area contributed by atoms with Crippen molar-refractivity contribution in [2.24, 2.45) is 11.8 Å². The fourth-order valence-corrected chi connectivity index (χ4v) is 3.97. The molecule has 1 aromatic heterocycles. The number of rotatable bonds is 0. The van der Waals surface area contributed by atoms with E-state index >= 15 is 0 Å². The second-order valence-corrected chi connectivity index (χ2v) is 4.95. The molecule has 4 rings (SSSR count). The quantitative estimate of drug-likeness (QED) is 0.673. The van der Waals surface area contributed by atoms with Crippen LogP contribution in [0, 0.1) is 11.8 Å². The molecule has 0 spiro atoms. The molecule has 2 heterocycles. The summed E-state index contributed by atoms with van der Waals surface area (Å²) in [6.07, 6.45) is 6.16. The molecule has 2 heteroatoms. The van der Waals surface area contributed by atoms with Gasteiger partial charge in [0.05, 0.1) is 0 Å². The van der Waals surface area contributed by atoms with Crippen LogP contribution in [0.3, 0.4) is 0 Å². The van der Waals surface area contributed by atoms with Crippen LogP contribution in [0.2, 0.25) is 0 Å². The summed E-state index contributed by atoms with van der Waals surface area (Å²) in [6, 6.07) is 5.09. The number of hydrogen-bond acceptors (Lipinski definition) is 2.